The Balaban J connectivity index is 2.20. The number of hydrogen-bond donors (Lipinski definition) is 0. The molecule has 0 spiro atoms. The number of rotatable bonds is 25. The number of carbonyl (C=O) groups is 3. The van der Waals surface area contributed by atoms with E-state index in [2.05, 4.69) is 38.2 Å². The molecule has 0 N–H and O–H groups in total. The number of allylic oxidation sites excluding steroid dienone is 3. The van der Waals surface area contributed by atoms with Gasteiger partial charge in [-0.15, -0.1) is 4.48 Å². The molecule has 0 atom stereocenters. The van der Waals surface area contributed by atoms with Crippen LogP contribution < -0.4 is 0 Å². The van der Waals surface area contributed by atoms with Crippen molar-refractivity contribution in [2.24, 2.45) is 0 Å². The van der Waals surface area contributed by atoms with Crippen LogP contribution >= 0.6 is 0 Å². The Morgan fingerprint density at radius 3 is 1.37 bits per heavy atom. The highest BCUT2D eigenvalue weighted by atomic mass is 16.2. The van der Waals surface area contributed by atoms with Crippen LogP contribution in [0.15, 0.2) is 24.3 Å². The summed E-state index contributed by atoms with van der Waals surface area (Å²) in [5.74, 6) is -0.534. The first-order valence-electron chi connectivity index (χ1n) is 16.4. The molecular formula is C34H60NO3+. The molecule has 4 heteroatoms. The van der Waals surface area contributed by atoms with Gasteiger partial charge in [0.1, 0.15) is 6.54 Å². The van der Waals surface area contributed by atoms with E-state index in [4.69, 9.17) is 0 Å². The van der Waals surface area contributed by atoms with E-state index in [0.29, 0.717) is 19.4 Å². The predicted octanol–water partition coefficient (Wildman–Crippen LogP) is 9.91. The summed E-state index contributed by atoms with van der Waals surface area (Å²) < 4.78 is -0.523. The molecule has 1 fully saturated rings. The van der Waals surface area contributed by atoms with Crippen LogP contribution in [0.1, 0.15) is 168 Å². The zero-order chi connectivity index (χ0) is 27.7. The van der Waals surface area contributed by atoms with Gasteiger partial charge in [-0.05, 0) is 44.9 Å². The highest BCUT2D eigenvalue weighted by Crippen LogP contribution is 2.26. The van der Waals surface area contributed by atoms with E-state index in [1.54, 1.807) is 0 Å². The van der Waals surface area contributed by atoms with Gasteiger partial charge in [-0.3, -0.25) is 0 Å². The molecule has 218 valence electrons. The first-order chi connectivity index (χ1) is 18.6. The topological polar surface area (TPSA) is 51.2 Å². The number of quaternary nitrogens is 1. The number of carbonyl (C=O) groups excluding carboxylic acids is 3. The van der Waals surface area contributed by atoms with Crippen molar-refractivity contribution in [3.05, 3.63) is 24.3 Å². The zero-order valence-corrected chi connectivity index (χ0v) is 25.2. The fraction of sp³-hybridized carbons (Fsp3) is 0.794. The Bertz CT molecular complexity index is 678. The van der Waals surface area contributed by atoms with Crippen LogP contribution in [-0.2, 0) is 14.4 Å². The van der Waals surface area contributed by atoms with Gasteiger partial charge in [-0.2, -0.15) is 0 Å². The van der Waals surface area contributed by atoms with Crippen molar-refractivity contribution in [2.45, 2.75) is 168 Å². The third kappa shape index (κ3) is 14.6. The molecule has 0 saturated carbocycles. The third-order valence-corrected chi connectivity index (χ3v) is 8.00. The minimum absolute atomic E-state index is 0.167. The molecule has 0 unspecified atom stereocenters. The Morgan fingerprint density at radius 1 is 0.553 bits per heavy atom. The molecule has 0 aromatic rings. The summed E-state index contributed by atoms with van der Waals surface area (Å²) in [5, 5.41) is 0. The van der Waals surface area contributed by atoms with Crippen molar-refractivity contribution in [1.82, 2.24) is 0 Å². The van der Waals surface area contributed by atoms with Crippen LogP contribution in [0.4, 0.5) is 0 Å². The zero-order valence-electron chi connectivity index (χ0n) is 25.2. The lowest BCUT2D eigenvalue weighted by Gasteiger charge is -2.25. The van der Waals surface area contributed by atoms with E-state index in [1.165, 1.54) is 96.3 Å². The van der Waals surface area contributed by atoms with Gasteiger partial charge in [0, 0.05) is 6.42 Å². The quantitative estimate of drug-likeness (QED) is 0.0510. The van der Waals surface area contributed by atoms with Crippen LogP contribution in [0.5, 0.6) is 0 Å². The van der Waals surface area contributed by atoms with Crippen molar-refractivity contribution in [1.29, 1.82) is 0 Å². The Morgan fingerprint density at radius 2 is 0.921 bits per heavy atom. The summed E-state index contributed by atoms with van der Waals surface area (Å²) in [6.45, 7) is 4.81. The molecule has 1 rings (SSSR count). The number of likely N-dealkylation sites (tertiary alicyclic amines) is 1. The summed E-state index contributed by atoms with van der Waals surface area (Å²) in [6, 6.07) is 0. The van der Waals surface area contributed by atoms with Gasteiger partial charge in [0.15, 0.2) is 0 Å². The van der Waals surface area contributed by atoms with Crippen molar-refractivity contribution in [3.8, 4) is 0 Å². The molecule has 4 nitrogen and oxygen atoms in total. The average Bonchev–Trinajstić information content (AvgIpc) is 3.21. The Labute approximate surface area is 235 Å². The lowest BCUT2D eigenvalue weighted by molar-refractivity contribution is -0.696. The number of unbranched alkanes of at least 4 members (excludes halogenated alkanes) is 17. The Hall–Kier alpha value is -1.55. The predicted molar refractivity (Wildman–Crippen MR) is 161 cm³/mol. The number of nitrogens with zero attached hydrogens (tertiary/aromatic N) is 1. The molecule has 0 radical (unpaired) electrons. The van der Waals surface area contributed by atoms with Gasteiger partial charge in [-0.25, -0.2) is 14.4 Å². The van der Waals surface area contributed by atoms with Gasteiger partial charge < -0.3 is 0 Å². The van der Waals surface area contributed by atoms with Crippen molar-refractivity contribution in [3.63, 3.8) is 0 Å². The molecule has 0 aliphatic carbocycles. The molecular weight excluding hydrogens is 470 g/mol. The summed E-state index contributed by atoms with van der Waals surface area (Å²) in [6.07, 6.45) is 34.7. The minimum Gasteiger partial charge on any atom is -0.230 e. The maximum absolute atomic E-state index is 13.1. The molecule has 1 aliphatic heterocycles. The van der Waals surface area contributed by atoms with E-state index >= 15 is 0 Å². The van der Waals surface area contributed by atoms with E-state index in [-0.39, 0.29) is 30.6 Å². The summed E-state index contributed by atoms with van der Waals surface area (Å²) in [4.78, 5) is 38.5. The first-order valence-corrected chi connectivity index (χ1v) is 16.4. The second-order valence-electron chi connectivity index (χ2n) is 11.4. The summed E-state index contributed by atoms with van der Waals surface area (Å²) in [5.41, 5.74) is 0. The highest BCUT2D eigenvalue weighted by Gasteiger charge is 2.54. The largest absolute Gasteiger partial charge is 0.329 e. The Kier molecular flexibility index (Phi) is 21.2. The van der Waals surface area contributed by atoms with E-state index in [1.807, 2.05) is 0 Å². The lowest BCUT2D eigenvalue weighted by atomic mass is 10.1. The van der Waals surface area contributed by atoms with Gasteiger partial charge in [0.2, 0.25) is 0 Å². The second kappa shape index (κ2) is 23.3. The third-order valence-electron chi connectivity index (χ3n) is 8.00. The van der Waals surface area contributed by atoms with Crippen LogP contribution in [0.25, 0.3) is 0 Å². The normalized spacial score (nSPS) is 15.4. The van der Waals surface area contributed by atoms with Gasteiger partial charge >= 0.3 is 17.7 Å². The van der Waals surface area contributed by atoms with Crippen LogP contribution in [0.2, 0.25) is 0 Å². The number of hydrogen-bond acceptors (Lipinski definition) is 3. The lowest BCUT2D eigenvalue weighted by Crippen LogP contribution is -2.57. The van der Waals surface area contributed by atoms with Gasteiger partial charge in [0.05, 0.1) is 19.3 Å². The summed E-state index contributed by atoms with van der Waals surface area (Å²) >= 11 is 0. The van der Waals surface area contributed by atoms with E-state index in [9.17, 15) is 14.4 Å². The highest BCUT2D eigenvalue weighted by molar-refractivity contribution is 6.02. The minimum atomic E-state index is -0.523. The van der Waals surface area contributed by atoms with E-state index in [0.717, 1.165) is 32.1 Å². The fourth-order valence-corrected chi connectivity index (χ4v) is 5.47. The van der Waals surface area contributed by atoms with Gasteiger partial charge in [0.25, 0.3) is 0 Å². The summed E-state index contributed by atoms with van der Waals surface area (Å²) in [7, 11) is 0. The van der Waals surface area contributed by atoms with Crippen LogP contribution in [-0.4, -0.2) is 28.7 Å². The molecule has 38 heavy (non-hydrogen) atoms. The standard InChI is InChI=1S/C34H60NO3/c1-3-5-7-9-11-13-15-16-17-18-19-20-22-24-26-28-32(36)35(33(37)29-30-34(35)38)31-27-25-23-21-14-12-10-8-6-4-2/h16-17,23,25H,3-15,18-22,24,26-31H2,1-2H3/q+1/b17-16+,25-23+. The molecule has 0 aromatic carbocycles. The SMILES string of the molecule is CCCCCCCC/C=C/CCCCCCCC(=O)[N+]1(CC/C=C/CCCCCCCC)C(=O)CCC1=O. The smallest absolute Gasteiger partial charge is 0.230 e. The van der Waals surface area contributed by atoms with Crippen molar-refractivity contribution in [2.75, 3.05) is 6.54 Å². The number of imide groups is 3. The fourth-order valence-electron chi connectivity index (χ4n) is 5.47. The molecule has 0 bridgehead atoms. The van der Waals surface area contributed by atoms with E-state index < -0.39 is 4.48 Å². The van der Waals surface area contributed by atoms with Crippen LogP contribution in [0.3, 0.4) is 0 Å². The molecule has 0 aromatic heterocycles. The van der Waals surface area contributed by atoms with Crippen LogP contribution in [0, 0.1) is 0 Å². The molecule has 1 saturated heterocycles. The second-order valence-corrected chi connectivity index (χ2v) is 11.4. The molecule has 1 heterocycles. The van der Waals surface area contributed by atoms with Gasteiger partial charge in [-0.1, -0.05) is 122 Å². The maximum Gasteiger partial charge on any atom is 0.329 e. The molecule has 1 aliphatic rings. The maximum atomic E-state index is 13.1. The van der Waals surface area contributed by atoms with Crippen molar-refractivity contribution >= 4 is 17.7 Å². The monoisotopic (exact) mass is 530 g/mol. The number of amides is 3. The average molecular weight is 531 g/mol. The van der Waals surface area contributed by atoms with Crippen molar-refractivity contribution < 1.29 is 18.9 Å². The first kappa shape index (κ1) is 34.5. The molecule has 3 amide bonds.